The van der Waals surface area contributed by atoms with E-state index in [1.807, 2.05) is 26.0 Å². The SMILES string of the molecule is Cc1cc(C)c(O)c(C2=NN[C@@H](c3ccc(F)cc3)C2)c1. The first-order chi connectivity index (χ1) is 10.0. The highest BCUT2D eigenvalue weighted by Gasteiger charge is 2.23. The normalized spacial score (nSPS) is 17.5. The van der Waals surface area contributed by atoms with Crippen LogP contribution < -0.4 is 5.43 Å². The molecule has 1 heterocycles. The summed E-state index contributed by atoms with van der Waals surface area (Å²) in [5.74, 6) is 0.0331. The number of hydrogen-bond acceptors (Lipinski definition) is 3. The van der Waals surface area contributed by atoms with Gasteiger partial charge in [0.05, 0.1) is 11.8 Å². The zero-order chi connectivity index (χ0) is 15.0. The molecular formula is C17H17FN2O. The molecule has 21 heavy (non-hydrogen) atoms. The highest BCUT2D eigenvalue weighted by molar-refractivity contribution is 6.04. The summed E-state index contributed by atoms with van der Waals surface area (Å²) in [6.07, 6.45) is 0.669. The zero-order valence-electron chi connectivity index (χ0n) is 12.0. The molecule has 3 rings (SSSR count). The maximum atomic E-state index is 13.0. The third-order valence-electron chi connectivity index (χ3n) is 3.78. The number of phenols is 1. The Kier molecular flexibility index (Phi) is 3.37. The van der Waals surface area contributed by atoms with Crippen molar-refractivity contribution in [3.05, 3.63) is 64.5 Å². The van der Waals surface area contributed by atoms with E-state index in [0.29, 0.717) is 6.42 Å². The van der Waals surface area contributed by atoms with Crippen molar-refractivity contribution < 1.29 is 9.50 Å². The third-order valence-corrected chi connectivity index (χ3v) is 3.78. The van der Waals surface area contributed by atoms with E-state index in [1.165, 1.54) is 12.1 Å². The summed E-state index contributed by atoms with van der Waals surface area (Å²) in [4.78, 5) is 0. The van der Waals surface area contributed by atoms with Gasteiger partial charge in [0, 0.05) is 12.0 Å². The van der Waals surface area contributed by atoms with E-state index < -0.39 is 0 Å². The fourth-order valence-electron chi connectivity index (χ4n) is 2.68. The number of benzene rings is 2. The molecular weight excluding hydrogens is 267 g/mol. The summed E-state index contributed by atoms with van der Waals surface area (Å²) in [5, 5.41) is 14.6. The summed E-state index contributed by atoms with van der Waals surface area (Å²) in [5.41, 5.74) is 7.58. The Labute approximate surface area is 123 Å². The van der Waals surface area contributed by atoms with Crippen LogP contribution in [0.4, 0.5) is 4.39 Å². The fourth-order valence-corrected chi connectivity index (χ4v) is 2.68. The molecule has 2 aromatic rings. The molecule has 108 valence electrons. The van der Waals surface area contributed by atoms with Crippen molar-refractivity contribution in [1.82, 2.24) is 5.43 Å². The summed E-state index contributed by atoms with van der Waals surface area (Å²) in [6, 6.07) is 10.3. The van der Waals surface area contributed by atoms with Crippen molar-refractivity contribution in [1.29, 1.82) is 0 Å². The van der Waals surface area contributed by atoms with Crippen molar-refractivity contribution in [3.8, 4) is 5.75 Å². The van der Waals surface area contributed by atoms with Gasteiger partial charge in [-0.25, -0.2) is 4.39 Å². The van der Waals surface area contributed by atoms with Crippen molar-refractivity contribution in [3.63, 3.8) is 0 Å². The smallest absolute Gasteiger partial charge is 0.127 e. The van der Waals surface area contributed by atoms with E-state index in [2.05, 4.69) is 10.5 Å². The van der Waals surface area contributed by atoms with Crippen LogP contribution in [0.25, 0.3) is 0 Å². The van der Waals surface area contributed by atoms with Crippen molar-refractivity contribution in [2.24, 2.45) is 5.10 Å². The van der Waals surface area contributed by atoms with Crippen LogP contribution in [0.1, 0.15) is 34.7 Å². The molecule has 1 atom stereocenters. The lowest BCUT2D eigenvalue weighted by atomic mass is 9.96. The van der Waals surface area contributed by atoms with Crippen LogP contribution in [0.3, 0.4) is 0 Å². The molecule has 0 saturated heterocycles. The van der Waals surface area contributed by atoms with Crippen LogP contribution >= 0.6 is 0 Å². The molecule has 0 aliphatic carbocycles. The molecule has 0 radical (unpaired) electrons. The summed E-state index contributed by atoms with van der Waals surface area (Å²) < 4.78 is 13.0. The van der Waals surface area contributed by atoms with Gasteiger partial charge >= 0.3 is 0 Å². The molecule has 0 saturated carbocycles. The van der Waals surface area contributed by atoms with Gasteiger partial charge in [-0.1, -0.05) is 18.2 Å². The molecule has 1 aliphatic heterocycles. The molecule has 0 spiro atoms. The second-order valence-corrected chi connectivity index (χ2v) is 5.47. The van der Waals surface area contributed by atoms with Gasteiger partial charge in [-0.2, -0.15) is 5.10 Å². The molecule has 2 N–H and O–H groups in total. The van der Waals surface area contributed by atoms with Gasteiger partial charge in [0.2, 0.25) is 0 Å². The minimum atomic E-state index is -0.246. The van der Waals surface area contributed by atoms with Crippen molar-refractivity contribution in [2.45, 2.75) is 26.3 Å². The zero-order valence-corrected chi connectivity index (χ0v) is 12.0. The maximum Gasteiger partial charge on any atom is 0.127 e. The van der Waals surface area contributed by atoms with Crippen LogP contribution in [-0.2, 0) is 0 Å². The second kappa shape index (κ2) is 5.20. The predicted molar refractivity (Wildman–Crippen MR) is 81.0 cm³/mol. The number of nitrogens with one attached hydrogen (secondary N) is 1. The topological polar surface area (TPSA) is 44.6 Å². The highest BCUT2D eigenvalue weighted by Crippen LogP contribution is 2.30. The van der Waals surface area contributed by atoms with Gasteiger partial charge in [0.25, 0.3) is 0 Å². The van der Waals surface area contributed by atoms with Gasteiger partial charge in [0.1, 0.15) is 11.6 Å². The summed E-state index contributed by atoms with van der Waals surface area (Å²) >= 11 is 0. The molecule has 3 nitrogen and oxygen atoms in total. The molecule has 4 heteroatoms. The fraction of sp³-hybridized carbons (Fsp3) is 0.235. The van der Waals surface area contributed by atoms with E-state index >= 15 is 0 Å². The largest absolute Gasteiger partial charge is 0.507 e. The number of rotatable bonds is 2. The first kappa shape index (κ1) is 13.6. The average Bonchev–Trinajstić information content (AvgIpc) is 2.93. The number of aryl methyl sites for hydroxylation is 2. The number of nitrogens with zero attached hydrogens (tertiary/aromatic N) is 1. The predicted octanol–water partition coefficient (Wildman–Crippen LogP) is 3.59. The van der Waals surface area contributed by atoms with Gasteiger partial charge in [-0.05, 0) is 48.7 Å². The van der Waals surface area contributed by atoms with Crippen LogP contribution in [0.2, 0.25) is 0 Å². The minimum Gasteiger partial charge on any atom is -0.507 e. The van der Waals surface area contributed by atoms with Gasteiger partial charge < -0.3 is 10.5 Å². The molecule has 0 bridgehead atoms. The maximum absolute atomic E-state index is 13.0. The standard InChI is InChI=1S/C17H17FN2O/c1-10-7-11(2)17(21)14(8-10)16-9-15(19-20-16)12-3-5-13(18)6-4-12/h3-8,15,19,21H,9H2,1-2H3/t15-/m1/s1. The third kappa shape index (κ3) is 2.61. The summed E-state index contributed by atoms with van der Waals surface area (Å²) in [6.45, 7) is 3.88. The molecule has 0 unspecified atom stereocenters. The van der Waals surface area contributed by atoms with Gasteiger partial charge in [-0.3, -0.25) is 0 Å². The van der Waals surface area contributed by atoms with E-state index in [0.717, 1.165) is 28.0 Å². The number of hydrazone groups is 1. The quantitative estimate of drug-likeness (QED) is 0.885. The highest BCUT2D eigenvalue weighted by atomic mass is 19.1. The number of aromatic hydroxyl groups is 1. The van der Waals surface area contributed by atoms with E-state index in [4.69, 9.17) is 0 Å². The monoisotopic (exact) mass is 284 g/mol. The Bertz CT molecular complexity index is 707. The van der Waals surface area contributed by atoms with E-state index in [-0.39, 0.29) is 17.6 Å². The van der Waals surface area contributed by atoms with Crippen LogP contribution in [-0.4, -0.2) is 10.8 Å². The van der Waals surface area contributed by atoms with E-state index in [9.17, 15) is 9.50 Å². The molecule has 0 fully saturated rings. The second-order valence-electron chi connectivity index (χ2n) is 5.47. The Hall–Kier alpha value is -2.36. The lowest BCUT2D eigenvalue weighted by Gasteiger charge is -2.11. The van der Waals surface area contributed by atoms with Crippen LogP contribution in [0, 0.1) is 19.7 Å². The number of phenolic OH excluding ortho intramolecular Hbond substituents is 1. The Morgan fingerprint density at radius 2 is 1.90 bits per heavy atom. The summed E-state index contributed by atoms with van der Waals surface area (Å²) in [7, 11) is 0. The molecule has 0 amide bonds. The molecule has 0 aromatic heterocycles. The van der Waals surface area contributed by atoms with Crippen LogP contribution in [0.15, 0.2) is 41.5 Å². The van der Waals surface area contributed by atoms with Crippen molar-refractivity contribution in [2.75, 3.05) is 0 Å². The molecule has 1 aliphatic rings. The van der Waals surface area contributed by atoms with Gasteiger partial charge in [0.15, 0.2) is 0 Å². The Balaban J connectivity index is 1.85. The lowest BCUT2D eigenvalue weighted by Crippen LogP contribution is -2.09. The Morgan fingerprint density at radius 3 is 2.62 bits per heavy atom. The van der Waals surface area contributed by atoms with E-state index in [1.54, 1.807) is 12.1 Å². The lowest BCUT2D eigenvalue weighted by molar-refractivity contribution is 0.469. The first-order valence-electron chi connectivity index (χ1n) is 6.93. The number of halogens is 1. The first-order valence-corrected chi connectivity index (χ1v) is 6.93. The van der Waals surface area contributed by atoms with Gasteiger partial charge in [-0.15, -0.1) is 0 Å². The minimum absolute atomic E-state index is 0.0146. The Morgan fingerprint density at radius 1 is 1.19 bits per heavy atom. The average molecular weight is 284 g/mol. The molecule has 2 aromatic carbocycles. The van der Waals surface area contributed by atoms with Crippen LogP contribution in [0.5, 0.6) is 5.75 Å². The van der Waals surface area contributed by atoms with Crippen molar-refractivity contribution >= 4 is 5.71 Å². The number of hydrogen-bond donors (Lipinski definition) is 2.